The lowest BCUT2D eigenvalue weighted by atomic mass is 9.73. The van der Waals surface area contributed by atoms with Crippen molar-refractivity contribution < 1.29 is 50.5 Å². The maximum Gasteiger partial charge on any atom is 0.447 e. The van der Waals surface area contributed by atoms with E-state index < -0.39 is 63.9 Å². The number of benzene rings is 2. The minimum Gasteiger partial charge on any atom is -0.368 e. The van der Waals surface area contributed by atoms with Crippen LogP contribution in [0.25, 0.3) is 0 Å². The third-order valence-electron chi connectivity index (χ3n) is 7.27. The molecule has 0 bridgehead atoms. The first-order valence-corrected chi connectivity index (χ1v) is 11.6. The first-order chi connectivity index (χ1) is 17.5. The molecule has 2 atom stereocenters. The number of nitrogens with zero attached hydrogens (tertiary/aromatic N) is 1. The molecule has 6 nitrogen and oxygen atoms in total. The number of amides is 2. The molecule has 2 aromatic rings. The second-order valence-electron chi connectivity index (χ2n) is 9.65. The highest BCUT2D eigenvalue weighted by Crippen LogP contribution is 2.54. The van der Waals surface area contributed by atoms with Gasteiger partial charge in [-0.3, -0.25) is 9.59 Å². The fourth-order valence-electron chi connectivity index (χ4n) is 5.33. The minimum atomic E-state index is -5.49. The molecule has 2 aliphatic rings. The zero-order valence-corrected chi connectivity index (χ0v) is 19.6. The lowest BCUT2D eigenvalue weighted by Gasteiger charge is -2.43. The van der Waals surface area contributed by atoms with Crippen LogP contribution in [-0.4, -0.2) is 45.2 Å². The Kier molecular flexibility index (Phi) is 6.76. The molecular formula is C25H23F7N2O4. The predicted octanol–water partition coefficient (Wildman–Crippen LogP) is 4.20. The Balaban J connectivity index is 1.79. The van der Waals surface area contributed by atoms with Gasteiger partial charge in [-0.25, -0.2) is 4.39 Å². The van der Waals surface area contributed by atoms with E-state index in [1.165, 1.54) is 0 Å². The van der Waals surface area contributed by atoms with Crippen LogP contribution >= 0.6 is 0 Å². The lowest BCUT2D eigenvalue weighted by molar-refractivity contribution is -0.358. The number of carbonyl (C=O) groups is 2. The average Bonchev–Trinajstić information content (AvgIpc) is 3.55. The van der Waals surface area contributed by atoms with Crippen molar-refractivity contribution in [1.29, 1.82) is 0 Å². The van der Waals surface area contributed by atoms with Gasteiger partial charge in [0.1, 0.15) is 11.4 Å². The van der Waals surface area contributed by atoms with E-state index in [9.17, 15) is 46.1 Å². The van der Waals surface area contributed by atoms with Gasteiger partial charge in [-0.05, 0) is 61.4 Å². The van der Waals surface area contributed by atoms with Crippen LogP contribution in [0, 0.1) is 11.7 Å². The molecule has 4 N–H and O–H groups in total. The summed E-state index contributed by atoms with van der Waals surface area (Å²) >= 11 is 0. The smallest absolute Gasteiger partial charge is 0.368 e. The van der Waals surface area contributed by atoms with Gasteiger partial charge in [0.2, 0.25) is 5.91 Å². The largest absolute Gasteiger partial charge is 0.447 e. The van der Waals surface area contributed by atoms with Crippen molar-refractivity contribution in [3.05, 3.63) is 70.5 Å². The zero-order chi connectivity index (χ0) is 28.3. The zero-order valence-electron chi connectivity index (χ0n) is 19.6. The molecule has 38 heavy (non-hydrogen) atoms. The van der Waals surface area contributed by atoms with Gasteiger partial charge >= 0.3 is 12.4 Å². The van der Waals surface area contributed by atoms with Gasteiger partial charge in [-0.1, -0.05) is 18.2 Å². The van der Waals surface area contributed by atoms with Crippen molar-refractivity contribution in [2.45, 2.75) is 55.3 Å². The number of nitrogens with two attached hydrogens (primary N) is 1. The maximum atomic E-state index is 15.1. The van der Waals surface area contributed by atoms with E-state index in [4.69, 9.17) is 5.73 Å². The Labute approximate surface area is 211 Å². The highest BCUT2D eigenvalue weighted by Gasteiger charge is 2.59. The van der Waals surface area contributed by atoms with E-state index in [0.717, 1.165) is 29.2 Å². The standard InChI is InChI=1S/C25H23F7N2O4/c26-18-12-16(24(27,28)29)7-8-17(18)19(13-5-6-13)22(21(33)36)9-2-10-34(22)20(35)14-3-1-4-15(11-14)23(37,38)25(30,31)32/h1,3-4,7-8,11-13,19,37-38H,2,5-6,9-10H2,(H2,33,36)/t19-,22?/m1/s1. The molecule has 2 fully saturated rings. The normalized spacial score (nSPS) is 21.4. The highest BCUT2D eigenvalue weighted by molar-refractivity contribution is 6.00. The van der Waals surface area contributed by atoms with Crippen LogP contribution < -0.4 is 5.73 Å². The number of hydrogen-bond donors (Lipinski definition) is 3. The van der Waals surface area contributed by atoms with E-state index in [1.54, 1.807) is 0 Å². The third kappa shape index (κ3) is 4.62. The second kappa shape index (κ2) is 9.23. The number of hydrogen-bond acceptors (Lipinski definition) is 4. The number of halogens is 7. The summed E-state index contributed by atoms with van der Waals surface area (Å²) in [5, 5.41) is 19.2. The van der Waals surface area contributed by atoms with Gasteiger partial charge in [0, 0.05) is 23.6 Å². The Morgan fingerprint density at radius 2 is 1.66 bits per heavy atom. The molecule has 1 saturated heterocycles. The van der Waals surface area contributed by atoms with E-state index in [-0.39, 0.29) is 30.9 Å². The van der Waals surface area contributed by atoms with Crippen molar-refractivity contribution >= 4 is 11.8 Å². The molecule has 206 valence electrons. The molecule has 1 aliphatic carbocycles. The number of carbonyl (C=O) groups excluding carboxylic acids is 2. The molecule has 2 aromatic carbocycles. The molecule has 1 heterocycles. The van der Waals surface area contributed by atoms with Crippen molar-refractivity contribution in [3.63, 3.8) is 0 Å². The second-order valence-corrected chi connectivity index (χ2v) is 9.65. The van der Waals surface area contributed by atoms with E-state index in [1.807, 2.05) is 0 Å². The van der Waals surface area contributed by atoms with Crippen molar-refractivity contribution in [2.75, 3.05) is 6.54 Å². The first-order valence-electron chi connectivity index (χ1n) is 11.6. The molecule has 1 saturated carbocycles. The highest BCUT2D eigenvalue weighted by atomic mass is 19.4. The minimum absolute atomic E-state index is 0.0537. The van der Waals surface area contributed by atoms with Crippen molar-refractivity contribution in [1.82, 2.24) is 4.90 Å². The fraction of sp³-hybridized carbons (Fsp3) is 0.440. The number of likely N-dealkylation sites (tertiary alicyclic amines) is 1. The summed E-state index contributed by atoms with van der Waals surface area (Å²) in [6.07, 6.45) is -9.19. The molecule has 2 amide bonds. The summed E-state index contributed by atoms with van der Waals surface area (Å²) in [5.74, 6) is -9.00. The summed E-state index contributed by atoms with van der Waals surface area (Å²) in [6, 6.07) is 5.36. The van der Waals surface area contributed by atoms with Crippen LogP contribution in [0.5, 0.6) is 0 Å². The van der Waals surface area contributed by atoms with Crippen LogP contribution in [0.1, 0.15) is 58.6 Å². The van der Waals surface area contributed by atoms with E-state index in [2.05, 4.69) is 0 Å². The van der Waals surface area contributed by atoms with Gasteiger partial charge in [0.25, 0.3) is 11.7 Å². The topological polar surface area (TPSA) is 104 Å². The van der Waals surface area contributed by atoms with Crippen LogP contribution in [-0.2, 0) is 16.8 Å². The molecule has 0 aromatic heterocycles. The quantitative estimate of drug-likeness (QED) is 0.372. The van der Waals surface area contributed by atoms with Crippen molar-refractivity contribution in [3.8, 4) is 0 Å². The monoisotopic (exact) mass is 548 g/mol. The van der Waals surface area contributed by atoms with Gasteiger partial charge < -0.3 is 20.8 Å². The summed E-state index contributed by atoms with van der Waals surface area (Å²) in [7, 11) is 0. The SMILES string of the molecule is NC(=O)C1([C@@H](c2ccc(C(F)(F)F)cc2F)C2CC2)CCCN1C(=O)c1cccc(C(O)(O)C(F)(F)F)c1. The molecule has 0 spiro atoms. The Bertz CT molecular complexity index is 1260. The number of primary amides is 1. The van der Waals surface area contributed by atoms with Crippen LogP contribution in [0.2, 0.25) is 0 Å². The van der Waals surface area contributed by atoms with Gasteiger partial charge in [-0.15, -0.1) is 0 Å². The van der Waals surface area contributed by atoms with Crippen LogP contribution in [0.3, 0.4) is 0 Å². The Hall–Kier alpha value is -3.19. The third-order valence-corrected chi connectivity index (χ3v) is 7.27. The van der Waals surface area contributed by atoms with Gasteiger partial charge in [0.05, 0.1) is 5.56 Å². The maximum absolute atomic E-state index is 15.1. The number of alkyl halides is 6. The summed E-state index contributed by atoms with van der Waals surface area (Å²) in [6.45, 7) is -0.0971. The summed E-state index contributed by atoms with van der Waals surface area (Å²) < 4.78 is 93.9. The summed E-state index contributed by atoms with van der Waals surface area (Å²) in [4.78, 5) is 27.6. The number of aliphatic hydroxyl groups is 2. The molecule has 0 radical (unpaired) electrons. The van der Waals surface area contributed by atoms with E-state index >= 15 is 4.39 Å². The Morgan fingerprint density at radius 3 is 2.18 bits per heavy atom. The molecule has 13 heteroatoms. The van der Waals surface area contributed by atoms with Gasteiger partial charge in [-0.2, -0.15) is 26.3 Å². The molecular weight excluding hydrogens is 525 g/mol. The first kappa shape index (κ1) is 27.8. The number of rotatable bonds is 6. The predicted molar refractivity (Wildman–Crippen MR) is 118 cm³/mol. The van der Waals surface area contributed by atoms with Crippen molar-refractivity contribution in [2.24, 2.45) is 11.7 Å². The molecule has 1 unspecified atom stereocenters. The van der Waals surface area contributed by atoms with Crippen LogP contribution in [0.4, 0.5) is 30.7 Å². The Morgan fingerprint density at radius 1 is 1.00 bits per heavy atom. The molecule has 4 rings (SSSR count). The average molecular weight is 548 g/mol. The summed E-state index contributed by atoms with van der Waals surface area (Å²) in [5.41, 5.74) is 0.968. The molecule has 1 aliphatic heterocycles. The lowest BCUT2D eigenvalue weighted by Crippen LogP contribution is -2.60. The van der Waals surface area contributed by atoms with Gasteiger partial charge in [0.15, 0.2) is 0 Å². The van der Waals surface area contributed by atoms with Crippen LogP contribution in [0.15, 0.2) is 42.5 Å². The van der Waals surface area contributed by atoms with E-state index in [0.29, 0.717) is 31.0 Å². The fourth-order valence-corrected chi connectivity index (χ4v) is 5.33.